The lowest BCUT2D eigenvalue weighted by Gasteiger charge is -2.24. The fourth-order valence-electron chi connectivity index (χ4n) is 5.68. The van der Waals surface area contributed by atoms with Crippen molar-refractivity contribution in [3.05, 3.63) is 108 Å². The van der Waals surface area contributed by atoms with E-state index in [4.69, 9.17) is 0 Å². The monoisotopic (exact) mass is 426 g/mol. The maximum absolute atomic E-state index is 2.44. The molecule has 1 aliphatic carbocycles. The Balaban J connectivity index is 1.45. The highest BCUT2D eigenvalue weighted by molar-refractivity contribution is 8.00. The molecule has 1 aliphatic heterocycles. The lowest BCUT2D eigenvalue weighted by atomic mass is 9.81. The molecular formula is C31H22S. The molecule has 0 saturated carbocycles. The summed E-state index contributed by atoms with van der Waals surface area (Å²) in [5.41, 5.74) is 11.0. The van der Waals surface area contributed by atoms with Gasteiger partial charge in [-0.2, -0.15) is 0 Å². The van der Waals surface area contributed by atoms with Gasteiger partial charge in [-0.15, -0.1) is 0 Å². The standard InChI is InChI=1S/C31H22S/c1-31(2)26-14-4-3-10-22(26)23-17-16-20(18-27(23)31)21-11-7-13-25-24-12-5-8-19-9-6-15-28(29(19)24)32-30(21)25/h3-18H,1-2H3. The molecule has 0 N–H and O–H groups in total. The van der Waals surface area contributed by atoms with Crippen molar-refractivity contribution >= 4 is 22.5 Å². The minimum Gasteiger partial charge on any atom is -0.0881 e. The van der Waals surface area contributed by atoms with Gasteiger partial charge in [0.1, 0.15) is 0 Å². The van der Waals surface area contributed by atoms with Crippen molar-refractivity contribution in [3.8, 4) is 33.4 Å². The van der Waals surface area contributed by atoms with Crippen LogP contribution >= 0.6 is 11.8 Å². The van der Waals surface area contributed by atoms with Crippen molar-refractivity contribution in [2.75, 3.05) is 0 Å². The molecule has 32 heavy (non-hydrogen) atoms. The topological polar surface area (TPSA) is 0 Å². The molecule has 0 aromatic heterocycles. The maximum Gasteiger partial charge on any atom is 0.0279 e. The molecule has 2 aliphatic rings. The maximum atomic E-state index is 2.44. The molecule has 0 amide bonds. The summed E-state index contributed by atoms with van der Waals surface area (Å²) >= 11 is 1.92. The van der Waals surface area contributed by atoms with Crippen molar-refractivity contribution in [2.45, 2.75) is 29.1 Å². The largest absolute Gasteiger partial charge is 0.0881 e. The van der Waals surface area contributed by atoms with Crippen LogP contribution in [-0.2, 0) is 5.41 Å². The van der Waals surface area contributed by atoms with Crippen molar-refractivity contribution in [2.24, 2.45) is 0 Å². The van der Waals surface area contributed by atoms with E-state index in [-0.39, 0.29) is 5.41 Å². The van der Waals surface area contributed by atoms with Crippen LogP contribution in [0.2, 0.25) is 0 Å². The molecular weight excluding hydrogens is 404 g/mol. The highest BCUT2D eigenvalue weighted by Crippen LogP contribution is 2.53. The van der Waals surface area contributed by atoms with E-state index in [1.54, 1.807) is 0 Å². The van der Waals surface area contributed by atoms with E-state index in [9.17, 15) is 0 Å². The molecule has 0 saturated heterocycles. The SMILES string of the molecule is CC1(C)c2ccccc2-c2ccc(-c3cccc4c3Sc3cccc5cccc-4c35)cc21. The van der Waals surface area contributed by atoms with Crippen LogP contribution in [0.3, 0.4) is 0 Å². The second-order valence-corrected chi connectivity index (χ2v) is 10.4. The first-order valence-corrected chi connectivity index (χ1v) is 12.0. The Bertz CT molecular complexity index is 1570. The third kappa shape index (κ3) is 2.35. The molecule has 5 aromatic rings. The zero-order valence-corrected chi connectivity index (χ0v) is 19.0. The molecule has 0 atom stereocenters. The predicted octanol–water partition coefficient (Wildman–Crippen LogP) is 8.94. The van der Waals surface area contributed by atoms with E-state index >= 15 is 0 Å². The molecule has 1 heterocycles. The Morgan fingerprint density at radius 3 is 2.16 bits per heavy atom. The van der Waals surface area contributed by atoms with Crippen molar-refractivity contribution in [1.82, 2.24) is 0 Å². The van der Waals surface area contributed by atoms with Gasteiger partial charge < -0.3 is 0 Å². The fraction of sp³-hybridized carbons (Fsp3) is 0.0968. The predicted molar refractivity (Wildman–Crippen MR) is 137 cm³/mol. The number of rotatable bonds is 1. The second kappa shape index (κ2) is 6.37. The highest BCUT2D eigenvalue weighted by atomic mass is 32.2. The van der Waals surface area contributed by atoms with E-state index < -0.39 is 0 Å². The summed E-state index contributed by atoms with van der Waals surface area (Å²) in [4.78, 5) is 2.72. The first kappa shape index (κ1) is 18.3. The summed E-state index contributed by atoms with van der Waals surface area (Å²) in [7, 11) is 0. The minimum absolute atomic E-state index is 0.0160. The molecule has 152 valence electrons. The minimum atomic E-state index is 0.0160. The van der Waals surface area contributed by atoms with E-state index in [1.807, 2.05) is 11.8 Å². The van der Waals surface area contributed by atoms with Crippen molar-refractivity contribution in [3.63, 3.8) is 0 Å². The van der Waals surface area contributed by atoms with E-state index in [1.165, 1.54) is 65.1 Å². The lowest BCUT2D eigenvalue weighted by molar-refractivity contribution is 0.660. The Morgan fingerprint density at radius 1 is 0.562 bits per heavy atom. The zero-order chi connectivity index (χ0) is 21.4. The van der Waals surface area contributed by atoms with Gasteiger partial charge in [-0.3, -0.25) is 0 Å². The summed E-state index contributed by atoms with van der Waals surface area (Å²) in [6.07, 6.45) is 0. The van der Waals surface area contributed by atoms with Gasteiger partial charge in [-0.1, -0.05) is 111 Å². The third-order valence-electron chi connectivity index (χ3n) is 7.28. The van der Waals surface area contributed by atoms with Crippen LogP contribution in [0.4, 0.5) is 0 Å². The number of hydrogen-bond donors (Lipinski definition) is 0. The molecule has 0 nitrogen and oxygen atoms in total. The molecule has 1 heteroatoms. The van der Waals surface area contributed by atoms with Gasteiger partial charge >= 0.3 is 0 Å². The molecule has 0 fully saturated rings. The van der Waals surface area contributed by atoms with Crippen molar-refractivity contribution in [1.29, 1.82) is 0 Å². The lowest BCUT2D eigenvalue weighted by Crippen LogP contribution is -2.14. The number of fused-ring (bicyclic) bond motifs is 5. The zero-order valence-electron chi connectivity index (χ0n) is 18.1. The van der Waals surface area contributed by atoms with Crippen molar-refractivity contribution < 1.29 is 0 Å². The van der Waals surface area contributed by atoms with Gasteiger partial charge in [0.05, 0.1) is 0 Å². The molecule has 0 radical (unpaired) electrons. The van der Waals surface area contributed by atoms with Gasteiger partial charge in [0.2, 0.25) is 0 Å². The third-order valence-corrected chi connectivity index (χ3v) is 8.48. The molecule has 7 rings (SSSR count). The molecule has 0 bridgehead atoms. The van der Waals surface area contributed by atoms with Gasteiger partial charge in [0, 0.05) is 20.6 Å². The van der Waals surface area contributed by atoms with Crippen LogP contribution in [0, 0.1) is 0 Å². The summed E-state index contributed by atoms with van der Waals surface area (Å²) in [5, 5.41) is 2.70. The van der Waals surface area contributed by atoms with Gasteiger partial charge in [-0.25, -0.2) is 0 Å². The Labute approximate surface area is 192 Å². The Hall–Kier alpha value is -3.29. The van der Waals surface area contributed by atoms with Crippen LogP contribution in [0.25, 0.3) is 44.2 Å². The Kier molecular flexibility index (Phi) is 3.64. The van der Waals surface area contributed by atoms with Gasteiger partial charge in [0.15, 0.2) is 0 Å². The van der Waals surface area contributed by atoms with Gasteiger partial charge in [-0.05, 0) is 62.0 Å². The Morgan fingerprint density at radius 2 is 1.25 bits per heavy atom. The summed E-state index contributed by atoms with van der Waals surface area (Å²) < 4.78 is 0. The van der Waals surface area contributed by atoms with Crippen LogP contribution in [0.15, 0.2) is 107 Å². The van der Waals surface area contributed by atoms with Crippen LogP contribution in [0.1, 0.15) is 25.0 Å². The number of hydrogen-bond acceptors (Lipinski definition) is 1. The highest BCUT2D eigenvalue weighted by Gasteiger charge is 2.35. The fourth-order valence-corrected chi connectivity index (χ4v) is 6.96. The first-order valence-electron chi connectivity index (χ1n) is 11.2. The average Bonchev–Trinajstić information content (AvgIpc) is 3.06. The molecule has 0 spiro atoms. The number of benzene rings is 5. The van der Waals surface area contributed by atoms with E-state index in [0.717, 1.165) is 0 Å². The van der Waals surface area contributed by atoms with Crippen LogP contribution in [-0.4, -0.2) is 0 Å². The van der Waals surface area contributed by atoms with Gasteiger partial charge in [0.25, 0.3) is 0 Å². The first-order chi connectivity index (χ1) is 15.6. The quantitative estimate of drug-likeness (QED) is 0.253. The van der Waals surface area contributed by atoms with E-state index in [0.29, 0.717) is 0 Å². The van der Waals surface area contributed by atoms with E-state index in [2.05, 4.69) is 111 Å². The van der Waals surface area contributed by atoms with Crippen LogP contribution in [0.5, 0.6) is 0 Å². The summed E-state index contributed by atoms with van der Waals surface area (Å²) in [6.45, 7) is 4.71. The smallest absolute Gasteiger partial charge is 0.0279 e. The second-order valence-electron chi connectivity index (χ2n) is 9.38. The summed E-state index contributed by atoms with van der Waals surface area (Å²) in [6, 6.07) is 36.1. The summed E-state index contributed by atoms with van der Waals surface area (Å²) in [5.74, 6) is 0. The average molecular weight is 427 g/mol. The normalized spacial score (nSPS) is 14.7. The molecule has 5 aromatic carbocycles. The van der Waals surface area contributed by atoms with Crippen LogP contribution < -0.4 is 0 Å². The molecule has 0 unspecified atom stereocenters.